The molecule has 0 amide bonds. The fourth-order valence-electron chi connectivity index (χ4n) is 0.739. The Labute approximate surface area is 48.4 Å². The Morgan fingerprint density at radius 2 is 2.38 bits per heavy atom. The van der Waals surface area contributed by atoms with Crippen LogP contribution in [0.4, 0.5) is 0 Å². The van der Waals surface area contributed by atoms with Gasteiger partial charge in [-0.2, -0.15) is 0 Å². The minimum atomic E-state index is -0.441. The first-order chi connectivity index (χ1) is 3.80. The first kappa shape index (κ1) is 6.01. The first-order valence-electron chi connectivity index (χ1n) is 2.82. The molecule has 3 N–H and O–H groups in total. The molecule has 0 radical (unpaired) electrons. The predicted molar refractivity (Wildman–Crippen MR) is 29.4 cm³/mol. The zero-order valence-electron chi connectivity index (χ0n) is 4.71. The molecule has 1 unspecified atom stereocenters. The van der Waals surface area contributed by atoms with E-state index in [1.165, 1.54) is 0 Å². The van der Waals surface area contributed by atoms with Gasteiger partial charge in [0.15, 0.2) is 0 Å². The summed E-state index contributed by atoms with van der Waals surface area (Å²) >= 11 is 0. The molecule has 0 bridgehead atoms. The normalized spacial score (nSPS) is 39.8. The van der Waals surface area contributed by atoms with Crippen LogP contribution in [0, 0.1) is 0 Å². The molecule has 48 valence electrons. The van der Waals surface area contributed by atoms with Gasteiger partial charge in [0.1, 0.15) is 0 Å². The summed E-state index contributed by atoms with van der Waals surface area (Å²) in [7, 11) is 0. The molecule has 0 aromatic heterocycles. The molecule has 0 aliphatic carbocycles. The van der Waals surface area contributed by atoms with E-state index in [4.69, 9.17) is 15.6 Å². The smallest absolute Gasteiger partial charge is 0.0924 e. The van der Waals surface area contributed by atoms with Crippen molar-refractivity contribution in [2.45, 2.75) is 18.6 Å². The fraction of sp³-hybridized carbons (Fsp3) is 1.00. The SMILES string of the molecule is NC1CCOC[C@H]1O. The summed E-state index contributed by atoms with van der Waals surface area (Å²) in [5.74, 6) is 0. The highest BCUT2D eigenvalue weighted by Gasteiger charge is 2.18. The average molecular weight is 117 g/mol. The maximum Gasteiger partial charge on any atom is 0.0924 e. The monoisotopic (exact) mass is 117 g/mol. The number of rotatable bonds is 0. The number of hydrogen-bond donors (Lipinski definition) is 2. The Morgan fingerprint density at radius 1 is 1.62 bits per heavy atom. The van der Waals surface area contributed by atoms with E-state index in [1.807, 2.05) is 0 Å². The molecule has 1 heterocycles. The van der Waals surface area contributed by atoms with Gasteiger partial charge in [-0.3, -0.25) is 0 Å². The van der Waals surface area contributed by atoms with Gasteiger partial charge in [-0.05, 0) is 6.42 Å². The third-order valence-corrected chi connectivity index (χ3v) is 1.38. The predicted octanol–water partition coefficient (Wildman–Crippen LogP) is -0.905. The second-order valence-electron chi connectivity index (χ2n) is 2.09. The quantitative estimate of drug-likeness (QED) is 0.432. The summed E-state index contributed by atoms with van der Waals surface area (Å²) < 4.78 is 4.92. The molecule has 2 atom stereocenters. The maximum absolute atomic E-state index is 8.93. The van der Waals surface area contributed by atoms with Crippen molar-refractivity contribution in [2.75, 3.05) is 13.2 Å². The topological polar surface area (TPSA) is 55.5 Å². The fourth-order valence-corrected chi connectivity index (χ4v) is 0.739. The maximum atomic E-state index is 8.93. The van der Waals surface area contributed by atoms with Crippen molar-refractivity contribution in [1.29, 1.82) is 0 Å². The standard InChI is InChI=1S/C5H11NO2/c6-4-1-2-8-3-5(4)7/h4-5,7H,1-3,6H2/t4?,5-/m1/s1. The van der Waals surface area contributed by atoms with Crippen molar-refractivity contribution < 1.29 is 9.84 Å². The van der Waals surface area contributed by atoms with E-state index < -0.39 is 6.10 Å². The molecule has 1 aliphatic heterocycles. The van der Waals surface area contributed by atoms with Gasteiger partial charge in [0, 0.05) is 12.6 Å². The highest BCUT2D eigenvalue weighted by atomic mass is 16.5. The van der Waals surface area contributed by atoms with Crippen LogP contribution in [0.3, 0.4) is 0 Å². The Bertz CT molecular complexity index is 66.8. The van der Waals surface area contributed by atoms with Crippen molar-refractivity contribution in [3.63, 3.8) is 0 Å². The minimum Gasteiger partial charge on any atom is -0.389 e. The number of nitrogens with two attached hydrogens (primary N) is 1. The molecule has 0 aromatic rings. The van der Waals surface area contributed by atoms with Crippen LogP contribution in [-0.2, 0) is 4.74 Å². The van der Waals surface area contributed by atoms with Crippen molar-refractivity contribution in [3.8, 4) is 0 Å². The van der Waals surface area contributed by atoms with Crippen LogP contribution in [0.15, 0.2) is 0 Å². The van der Waals surface area contributed by atoms with Crippen LogP contribution < -0.4 is 5.73 Å². The lowest BCUT2D eigenvalue weighted by Crippen LogP contribution is -2.42. The molecule has 1 fully saturated rings. The van der Waals surface area contributed by atoms with Crippen LogP contribution in [0.1, 0.15) is 6.42 Å². The summed E-state index contributed by atoms with van der Waals surface area (Å²) in [5, 5.41) is 8.93. The lowest BCUT2D eigenvalue weighted by Gasteiger charge is -2.23. The van der Waals surface area contributed by atoms with Gasteiger partial charge >= 0.3 is 0 Å². The van der Waals surface area contributed by atoms with Crippen molar-refractivity contribution in [3.05, 3.63) is 0 Å². The van der Waals surface area contributed by atoms with E-state index in [9.17, 15) is 0 Å². The number of ether oxygens (including phenoxy) is 1. The second-order valence-corrected chi connectivity index (χ2v) is 2.09. The average Bonchev–Trinajstić information content (AvgIpc) is 1.77. The summed E-state index contributed by atoms with van der Waals surface area (Å²) in [6.45, 7) is 1.10. The minimum absolute atomic E-state index is 0.0660. The summed E-state index contributed by atoms with van der Waals surface area (Å²) in [6, 6.07) is -0.0660. The highest BCUT2D eigenvalue weighted by Crippen LogP contribution is 2.03. The Balaban J connectivity index is 2.28. The van der Waals surface area contributed by atoms with Gasteiger partial charge < -0.3 is 15.6 Å². The van der Waals surface area contributed by atoms with E-state index in [2.05, 4.69) is 0 Å². The third kappa shape index (κ3) is 1.18. The van der Waals surface area contributed by atoms with Gasteiger partial charge in [-0.15, -0.1) is 0 Å². The van der Waals surface area contributed by atoms with E-state index in [0.717, 1.165) is 6.42 Å². The highest BCUT2D eigenvalue weighted by molar-refractivity contribution is 4.74. The van der Waals surface area contributed by atoms with Crippen LogP contribution in [0.5, 0.6) is 0 Å². The Kier molecular flexibility index (Phi) is 1.83. The summed E-state index contributed by atoms with van der Waals surface area (Å²) in [6.07, 6.45) is 0.338. The lowest BCUT2D eigenvalue weighted by molar-refractivity contribution is -0.0182. The molecular weight excluding hydrogens is 106 g/mol. The molecule has 0 spiro atoms. The van der Waals surface area contributed by atoms with Crippen molar-refractivity contribution in [2.24, 2.45) is 5.73 Å². The van der Waals surface area contributed by atoms with Crippen molar-refractivity contribution >= 4 is 0 Å². The Morgan fingerprint density at radius 3 is 2.75 bits per heavy atom. The molecule has 8 heavy (non-hydrogen) atoms. The van der Waals surface area contributed by atoms with Crippen LogP contribution in [-0.4, -0.2) is 30.5 Å². The van der Waals surface area contributed by atoms with Gasteiger partial charge in [0.25, 0.3) is 0 Å². The first-order valence-corrected chi connectivity index (χ1v) is 2.82. The number of aliphatic hydroxyl groups excluding tert-OH is 1. The lowest BCUT2D eigenvalue weighted by atomic mass is 10.1. The molecule has 0 aromatic carbocycles. The summed E-state index contributed by atoms with van der Waals surface area (Å²) in [4.78, 5) is 0. The van der Waals surface area contributed by atoms with E-state index in [-0.39, 0.29) is 6.04 Å². The van der Waals surface area contributed by atoms with Crippen LogP contribution in [0.25, 0.3) is 0 Å². The van der Waals surface area contributed by atoms with Gasteiger partial charge in [-0.1, -0.05) is 0 Å². The van der Waals surface area contributed by atoms with Crippen LogP contribution in [0.2, 0.25) is 0 Å². The molecule has 1 rings (SSSR count). The third-order valence-electron chi connectivity index (χ3n) is 1.38. The van der Waals surface area contributed by atoms with E-state index in [0.29, 0.717) is 13.2 Å². The molecule has 1 aliphatic rings. The molecule has 0 saturated carbocycles. The molecule has 3 nitrogen and oxygen atoms in total. The van der Waals surface area contributed by atoms with Gasteiger partial charge in [0.05, 0.1) is 12.7 Å². The van der Waals surface area contributed by atoms with Gasteiger partial charge in [0.2, 0.25) is 0 Å². The zero-order chi connectivity index (χ0) is 5.98. The zero-order valence-corrected chi connectivity index (χ0v) is 4.71. The largest absolute Gasteiger partial charge is 0.389 e. The van der Waals surface area contributed by atoms with E-state index >= 15 is 0 Å². The summed E-state index contributed by atoms with van der Waals surface area (Å²) in [5.41, 5.74) is 5.45. The molecule has 1 saturated heterocycles. The van der Waals surface area contributed by atoms with Crippen molar-refractivity contribution in [1.82, 2.24) is 0 Å². The molecule has 3 heteroatoms. The van der Waals surface area contributed by atoms with E-state index in [1.54, 1.807) is 0 Å². The van der Waals surface area contributed by atoms with Crippen LogP contribution >= 0.6 is 0 Å². The Hall–Kier alpha value is -0.120. The number of hydrogen-bond acceptors (Lipinski definition) is 3. The molecular formula is C5H11NO2. The second kappa shape index (κ2) is 2.44. The number of aliphatic hydroxyl groups is 1. The van der Waals surface area contributed by atoms with Gasteiger partial charge in [-0.25, -0.2) is 0 Å².